The van der Waals surface area contributed by atoms with Crippen molar-refractivity contribution in [1.29, 1.82) is 0 Å². The van der Waals surface area contributed by atoms with Crippen molar-refractivity contribution in [2.75, 3.05) is 13.1 Å². The van der Waals surface area contributed by atoms with E-state index in [4.69, 9.17) is 0 Å². The molecule has 0 bridgehead atoms. The van der Waals surface area contributed by atoms with Gasteiger partial charge in [-0.1, -0.05) is 13.8 Å². The molecular weight excluding hydrogens is 144 g/mol. The molecule has 0 aliphatic rings. The number of aliphatic hydroxyl groups is 1. The van der Waals surface area contributed by atoms with Gasteiger partial charge in [-0.05, 0) is 20.0 Å². The zero-order valence-electron chi connectivity index (χ0n) is 7.29. The van der Waals surface area contributed by atoms with Crippen LogP contribution in [0, 0.1) is 0 Å². The second-order valence-corrected chi connectivity index (χ2v) is 2.46. The van der Waals surface area contributed by atoms with Gasteiger partial charge in [0.2, 0.25) is 6.41 Å². The summed E-state index contributed by atoms with van der Waals surface area (Å²) in [6, 6.07) is 0. The molecule has 11 heavy (non-hydrogen) atoms. The van der Waals surface area contributed by atoms with Gasteiger partial charge in [0, 0.05) is 0 Å². The van der Waals surface area contributed by atoms with Gasteiger partial charge in [0.05, 0.1) is 0 Å². The van der Waals surface area contributed by atoms with Crippen molar-refractivity contribution >= 4 is 6.41 Å². The second kappa shape index (κ2) is 4.31. The van der Waals surface area contributed by atoms with E-state index >= 15 is 0 Å². The molecule has 0 rings (SSSR count). The first kappa shape index (κ1) is 10.4. The van der Waals surface area contributed by atoms with Crippen molar-refractivity contribution in [3.8, 4) is 0 Å². The van der Waals surface area contributed by atoms with Gasteiger partial charge in [-0.25, -0.2) is 0 Å². The third-order valence-corrected chi connectivity index (χ3v) is 1.71. The first-order valence-electron chi connectivity index (χ1n) is 3.77. The van der Waals surface area contributed by atoms with Crippen LogP contribution in [0.15, 0.2) is 0 Å². The number of carbonyl (C=O) groups excluding carboxylic acids is 1. The Bertz CT molecular complexity index is 122. The van der Waals surface area contributed by atoms with Gasteiger partial charge in [-0.2, -0.15) is 0 Å². The van der Waals surface area contributed by atoms with Crippen LogP contribution in [0.4, 0.5) is 0 Å². The van der Waals surface area contributed by atoms with Gasteiger partial charge in [0.25, 0.3) is 0 Å². The molecule has 66 valence electrons. The number of nitrogens with zero attached hydrogens (tertiary/aromatic N) is 1. The molecule has 0 aliphatic heterocycles. The maximum absolute atomic E-state index is 10.1. The zero-order valence-corrected chi connectivity index (χ0v) is 7.29. The van der Waals surface area contributed by atoms with Gasteiger partial charge >= 0.3 is 0 Å². The van der Waals surface area contributed by atoms with E-state index in [1.165, 1.54) is 0 Å². The van der Waals surface area contributed by atoms with Gasteiger partial charge in [0.1, 0.15) is 0 Å². The van der Waals surface area contributed by atoms with Gasteiger partial charge < -0.3 is 10.4 Å². The molecule has 0 aromatic rings. The first-order valence-corrected chi connectivity index (χ1v) is 3.77. The Morgan fingerprint density at radius 1 is 1.55 bits per heavy atom. The summed E-state index contributed by atoms with van der Waals surface area (Å²) in [6.07, 6.45) is 0.498. The van der Waals surface area contributed by atoms with Crippen LogP contribution in [0.5, 0.6) is 0 Å². The molecule has 0 saturated carbocycles. The SMILES string of the molecule is CCN(CC)C(C)(O)NC=O. The van der Waals surface area contributed by atoms with Gasteiger partial charge in [-0.3, -0.25) is 9.69 Å². The summed E-state index contributed by atoms with van der Waals surface area (Å²) < 4.78 is 0. The van der Waals surface area contributed by atoms with Crippen LogP contribution in [0.25, 0.3) is 0 Å². The number of hydrogen-bond donors (Lipinski definition) is 2. The highest BCUT2D eigenvalue weighted by atomic mass is 16.3. The van der Waals surface area contributed by atoms with Crippen LogP contribution in [-0.4, -0.2) is 35.4 Å². The zero-order chi connectivity index (χ0) is 8.91. The fourth-order valence-electron chi connectivity index (χ4n) is 1.04. The van der Waals surface area contributed by atoms with E-state index in [-0.39, 0.29) is 0 Å². The molecular formula is C7H16N2O2. The Morgan fingerprint density at radius 2 is 2.00 bits per heavy atom. The highest BCUT2D eigenvalue weighted by Gasteiger charge is 2.25. The van der Waals surface area contributed by atoms with E-state index in [0.29, 0.717) is 19.5 Å². The minimum atomic E-state index is -1.22. The summed E-state index contributed by atoms with van der Waals surface area (Å²) in [6.45, 7) is 6.79. The fraction of sp³-hybridized carbons (Fsp3) is 0.857. The molecule has 0 aromatic heterocycles. The summed E-state index contributed by atoms with van der Waals surface area (Å²) >= 11 is 0. The topological polar surface area (TPSA) is 52.6 Å². The Balaban J connectivity index is 4.10. The minimum absolute atomic E-state index is 0.498. The lowest BCUT2D eigenvalue weighted by atomic mass is 10.3. The highest BCUT2D eigenvalue weighted by Crippen LogP contribution is 2.04. The molecule has 2 N–H and O–H groups in total. The second-order valence-electron chi connectivity index (χ2n) is 2.46. The Hall–Kier alpha value is -0.610. The number of carbonyl (C=O) groups is 1. The van der Waals surface area contributed by atoms with E-state index in [1.54, 1.807) is 11.8 Å². The number of amides is 1. The molecule has 1 atom stereocenters. The molecule has 0 aromatic carbocycles. The molecule has 0 spiro atoms. The van der Waals surface area contributed by atoms with Crippen molar-refractivity contribution in [2.45, 2.75) is 26.6 Å². The molecule has 0 saturated heterocycles. The average molecular weight is 160 g/mol. The summed E-state index contributed by atoms with van der Waals surface area (Å²) in [5.41, 5.74) is 0. The quantitative estimate of drug-likeness (QED) is 0.430. The maximum atomic E-state index is 10.1. The molecule has 1 unspecified atom stereocenters. The lowest BCUT2D eigenvalue weighted by Gasteiger charge is -2.34. The lowest BCUT2D eigenvalue weighted by molar-refractivity contribution is -0.137. The van der Waals surface area contributed by atoms with Crippen molar-refractivity contribution in [3.05, 3.63) is 0 Å². The van der Waals surface area contributed by atoms with Crippen LogP contribution in [0.2, 0.25) is 0 Å². The largest absolute Gasteiger partial charge is 0.359 e. The summed E-state index contributed by atoms with van der Waals surface area (Å²) in [5.74, 6) is -1.22. The predicted molar refractivity (Wildman–Crippen MR) is 42.7 cm³/mol. The summed E-state index contributed by atoms with van der Waals surface area (Å²) in [7, 11) is 0. The standard InChI is InChI=1S/C7H16N2O2/c1-4-9(5-2)7(3,11)8-6-10/h6,11H,4-5H2,1-3H3,(H,8,10). The smallest absolute Gasteiger partial charge is 0.210 e. The Kier molecular flexibility index (Phi) is 4.07. The molecule has 0 heterocycles. The van der Waals surface area contributed by atoms with Gasteiger partial charge in [0.15, 0.2) is 5.85 Å². The van der Waals surface area contributed by atoms with E-state index in [2.05, 4.69) is 5.32 Å². The highest BCUT2D eigenvalue weighted by molar-refractivity contribution is 5.46. The Morgan fingerprint density at radius 3 is 2.27 bits per heavy atom. The van der Waals surface area contributed by atoms with Crippen LogP contribution in [0.3, 0.4) is 0 Å². The average Bonchev–Trinajstić information content (AvgIpc) is 1.89. The van der Waals surface area contributed by atoms with Gasteiger partial charge in [-0.15, -0.1) is 0 Å². The maximum Gasteiger partial charge on any atom is 0.210 e. The molecule has 0 fully saturated rings. The number of nitrogens with one attached hydrogen (secondary N) is 1. The van der Waals surface area contributed by atoms with Crippen molar-refractivity contribution in [2.24, 2.45) is 0 Å². The number of hydrogen-bond acceptors (Lipinski definition) is 3. The number of rotatable bonds is 5. The monoisotopic (exact) mass is 160 g/mol. The van der Waals surface area contributed by atoms with Crippen molar-refractivity contribution in [3.63, 3.8) is 0 Å². The van der Waals surface area contributed by atoms with Crippen LogP contribution < -0.4 is 5.32 Å². The van der Waals surface area contributed by atoms with Crippen LogP contribution >= 0.6 is 0 Å². The van der Waals surface area contributed by atoms with Crippen molar-refractivity contribution in [1.82, 2.24) is 10.2 Å². The van der Waals surface area contributed by atoms with E-state index < -0.39 is 5.85 Å². The first-order chi connectivity index (χ1) is 5.08. The molecule has 1 amide bonds. The third-order valence-electron chi connectivity index (χ3n) is 1.71. The van der Waals surface area contributed by atoms with Crippen LogP contribution in [-0.2, 0) is 4.79 Å². The molecule has 0 aliphatic carbocycles. The molecule has 4 nitrogen and oxygen atoms in total. The van der Waals surface area contributed by atoms with Crippen LogP contribution in [0.1, 0.15) is 20.8 Å². The lowest BCUT2D eigenvalue weighted by Crippen LogP contribution is -2.56. The van der Waals surface area contributed by atoms with Crippen molar-refractivity contribution < 1.29 is 9.90 Å². The Labute approximate surface area is 67.2 Å². The third kappa shape index (κ3) is 2.86. The predicted octanol–water partition coefficient (Wildman–Crippen LogP) is -0.260. The van der Waals surface area contributed by atoms with E-state index in [1.807, 2.05) is 13.8 Å². The van der Waals surface area contributed by atoms with E-state index in [9.17, 15) is 9.90 Å². The molecule has 4 heteroatoms. The summed E-state index contributed by atoms with van der Waals surface area (Å²) in [4.78, 5) is 11.8. The van der Waals surface area contributed by atoms with E-state index in [0.717, 1.165) is 0 Å². The minimum Gasteiger partial charge on any atom is -0.359 e. The fourth-order valence-corrected chi connectivity index (χ4v) is 1.04. The normalized spacial score (nSPS) is 16.1. The summed E-state index contributed by atoms with van der Waals surface area (Å²) in [5, 5.41) is 11.9. The molecule has 0 radical (unpaired) electrons.